The maximum atomic E-state index is 13.3. The van der Waals surface area contributed by atoms with Crippen LogP contribution in [0, 0.1) is 5.82 Å². The largest absolute Gasteiger partial charge is 0.496 e. The second-order valence-corrected chi connectivity index (χ2v) is 7.52. The Morgan fingerprint density at radius 2 is 1.79 bits per heavy atom. The summed E-state index contributed by atoms with van der Waals surface area (Å²) in [6.07, 6.45) is 3.22. The molecule has 2 aromatic carbocycles. The number of carbonyl (C=O) groups excluding carboxylic acids is 3. The number of hydrogen-bond donors (Lipinski definition) is 1. The third-order valence-electron chi connectivity index (χ3n) is 5.38. The summed E-state index contributed by atoms with van der Waals surface area (Å²) >= 11 is 0. The van der Waals surface area contributed by atoms with Crippen LogP contribution in [0.25, 0.3) is 5.69 Å². The van der Waals surface area contributed by atoms with Crippen LogP contribution in [0.2, 0.25) is 0 Å². The molecule has 0 saturated heterocycles. The zero-order valence-electron chi connectivity index (χ0n) is 18.0. The summed E-state index contributed by atoms with van der Waals surface area (Å²) in [7, 11) is 1.42. The first-order chi connectivity index (χ1) is 16.0. The molecular weight excluding hydrogens is 429 g/mol. The Bertz CT molecular complexity index is 1200. The predicted molar refractivity (Wildman–Crippen MR) is 116 cm³/mol. The molecule has 0 spiro atoms. The predicted octanol–water partition coefficient (Wildman–Crippen LogP) is 3.01. The van der Waals surface area contributed by atoms with Crippen molar-refractivity contribution in [1.29, 1.82) is 0 Å². The molecule has 8 nitrogen and oxygen atoms in total. The molecule has 0 radical (unpaired) electrons. The number of carbonyl (C=O) groups is 3. The van der Waals surface area contributed by atoms with Crippen molar-refractivity contribution in [3.8, 4) is 11.4 Å². The van der Waals surface area contributed by atoms with Gasteiger partial charge in [-0.1, -0.05) is 12.1 Å². The summed E-state index contributed by atoms with van der Waals surface area (Å²) in [6.45, 7) is -0.641. The van der Waals surface area contributed by atoms with Crippen molar-refractivity contribution in [3.63, 3.8) is 0 Å². The molecule has 2 amide bonds. The average molecular weight is 451 g/mol. The Hall–Kier alpha value is -4.01. The Labute approximate surface area is 189 Å². The Morgan fingerprint density at radius 3 is 2.55 bits per heavy atom. The van der Waals surface area contributed by atoms with E-state index in [1.807, 2.05) is 0 Å². The molecule has 170 valence electrons. The summed E-state index contributed by atoms with van der Waals surface area (Å²) in [5.74, 6) is -2.24. The summed E-state index contributed by atoms with van der Waals surface area (Å²) in [4.78, 5) is 37.3. The first-order valence-corrected chi connectivity index (χ1v) is 10.5. The lowest BCUT2D eigenvalue weighted by Crippen LogP contribution is -2.34. The molecule has 1 aromatic heterocycles. The summed E-state index contributed by atoms with van der Waals surface area (Å²) in [6, 6.07) is 12.3. The van der Waals surface area contributed by atoms with E-state index in [1.54, 1.807) is 35.0 Å². The van der Waals surface area contributed by atoms with Gasteiger partial charge in [-0.05, 0) is 62.1 Å². The number of aromatic nitrogens is 2. The van der Waals surface area contributed by atoms with E-state index in [0.29, 0.717) is 17.9 Å². The molecule has 1 aliphatic rings. The lowest BCUT2D eigenvalue weighted by atomic mass is 9.95. The number of para-hydroxylation sites is 1. The first kappa shape index (κ1) is 22.2. The van der Waals surface area contributed by atoms with Crippen LogP contribution >= 0.6 is 0 Å². The van der Waals surface area contributed by atoms with Crippen LogP contribution in [0.4, 0.5) is 4.39 Å². The van der Waals surface area contributed by atoms with E-state index in [9.17, 15) is 18.8 Å². The Kier molecular flexibility index (Phi) is 6.48. The van der Waals surface area contributed by atoms with Gasteiger partial charge in [0, 0.05) is 11.3 Å². The number of imide groups is 1. The van der Waals surface area contributed by atoms with Crippen LogP contribution < -0.4 is 10.1 Å². The van der Waals surface area contributed by atoms with Crippen molar-refractivity contribution in [2.75, 3.05) is 13.7 Å². The topological polar surface area (TPSA) is 99.5 Å². The minimum atomic E-state index is -0.772. The monoisotopic (exact) mass is 451 g/mol. The molecule has 0 unspecified atom stereocenters. The fourth-order valence-corrected chi connectivity index (χ4v) is 3.82. The minimum absolute atomic E-state index is 0.123. The molecule has 1 heterocycles. The van der Waals surface area contributed by atoms with Gasteiger partial charge in [-0.2, -0.15) is 5.10 Å². The second-order valence-electron chi connectivity index (χ2n) is 7.52. The number of fused-ring (bicyclic) bond motifs is 1. The van der Waals surface area contributed by atoms with Crippen LogP contribution in [0.15, 0.2) is 48.5 Å². The number of hydrogen-bond acceptors (Lipinski definition) is 6. The van der Waals surface area contributed by atoms with Gasteiger partial charge < -0.3 is 9.47 Å². The third kappa shape index (κ3) is 4.77. The SMILES string of the molecule is COc1ccccc1C(=O)NC(=O)COC(=O)c1nn(-c2ccc(F)cc2)c2c1CCCC2. The molecule has 1 N–H and O–H groups in total. The number of methoxy groups -OCH3 is 1. The molecule has 9 heteroatoms. The van der Waals surface area contributed by atoms with Crippen LogP contribution in [0.3, 0.4) is 0 Å². The number of amides is 2. The van der Waals surface area contributed by atoms with E-state index in [0.717, 1.165) is 30.5 Å². The van der Waals surface area contributed by atoms with E-state index >= 15 is 0 Å². The molecule has 0 aliphatic heterocycles. The first-order valence-electron chi connectivity index (χ1n) is 10.5. The van der Waals surface area contributed by atoms with Crippen molar-refractivity contribution >= 4 is 17.8 Å². The molecule has 0 saturated carbocycles. The van der Waals surface area contributed by atoms with Gasteiger partial charge in [0.05, 0.1) is 18.4 Å². The van der Waals surface area contributed by atoms with Gasteiger partial charge in [-0.3, -0.25) is 14.9 Å². The standard InChI is InChI=1S/C24H22FN3O5/c1-32-20-9-5-3-7-18(20)23(30)26-21(29)14-33-24(31)22-17-6-2-4-8-19(17)28(27-22)16-12-10-15(25)11-13-16/h3,5,7,9-13H,2,4,6,8,14H2,1H3,(H,26,29,30). The van der Waals surface area contributed by atoms with E-state index in [1.165, 1.54) is 25.3 Å². The van der Waals surface area contributed by atoms with Gasteiger partial charge in [0.1, 0.15) is 11.6 Å². The third-order valence-corrected chi connectivity index (χ3v) is 5.38. The number of ether oxygens (including phenoxy) is 2. The highest BCUT2D eigenvalue weighted by atomic mass is 19.1. The number of halogens is 1. The Morgan fingerprint density at radius 1 is 1.06 bits per heavy atom. The molecule has 0 bridgehead atoms. The van der Waals surface area contributed by atoms with Gasteiger partial charge in [0.25, 0.3) is 11.8 Å². The highest BCUT2D eigenvalue weighted by molar-refractivity contribution is 6.07. The lowest BCUT2D eigenvalue weighted by molar-refractivity contribution is -0.123. The summed E-state index contributed by atoms with van der Waals surface area (Å²) < 4.78 is 25.2. The molecular formula is C24H22FN3O5. The molecule has 0 atom stereocenters. The van der Waals surface area contributed by atoms with E-state index in [4.69, 9.17) is 9.47 Å². The van der Waals surface area contributed by atoms with Gasteiger partial charge in [0.2, 0.25) is 0 Å². The van der Waals surface area contributed by atoms with Crippen LogP contribution in [0.5, 0.6) is 5.75 Å². The fourth-order valence-electron chi connectivity index (χ4n) is 3.82. The summed E-state index contributed by atoms with van der Waals surface area (Å²) in [5, 5.41) is 6.59. The molecule has 0 fully saturated rings. The van der Waals surface area contributed by atoms with E-state index in [2.05, 4.69) is 10.4 Å². The highest BCUT2D eigenvalue weighted by Crippen LogP contribution is 2.27. The zero-order chi connectivity index (χ0) is 23.4. The van der Waals surface area contributed by atoms with Crippen LogP contribution in [-0.4, -0.2) is 41.3 Å². The van der Waals surface area contributed by atoms with Gasteiger partial charge >= 0.3 is 5.97 Å². The van der Waals surface area contributed by atoms with E-state index < -0.39 is 24.4 Å². The van der Waals surface area contributed by atoms with Crippen LogP contribution in [0.1, 0.15) is 44.9 Å². The normalized spacial score (nSPS) is 12.5. The van der Waals surface area contributed by atoms with Gasteiger partial charge in [0.15, 0.2) is 12.3 Å². The number of nitrogens with zero attached hydrogens (tertiary/aromatic N) is 2. The van der Waals surface area contributed by atoms with Crippen molar-refractivity contribution in [1.82, 2.24) is 15.1 Å². The lowest BCUT2D eigenvalue weighted by Gasteiger charge is -2.14. The molecule has 33 heavy (non-hydrogen) atoms. The number of esters is 1. The van der Waals surface area contributed by atoms with Gasteiger partial charge in [-0.25, -0.2) is 13.9 Å². The zero-order valence-corrected chi connectivity index (χ0v) is 18.0. The number of rotatable bonds is 6. The fraction of sp³-hybridized carbons (Fsp3) is 0.250. The van der Waals surface area contributed by atoms with Crippen molar-refractivity contribution in [2.24, 2.45) is 0 Å². The van der Waals surface area contributed by atoms with Crippen molar-refractivity contribution < 1.29 is 28.2 Å². The number of nitrogens with one attached hydrogen (secondary N) is 1. The maximum absolute atomic E-state index is 13.3. The quantitative estimate of drug-likeness (QED) is 0.579. The Balaban J connectivity index is 1.46. The smallest absolute Gasteiger partial charge is 0.359 e. The second kappa shape index (κ2) is 9.64. The average Bonchev–Trinajstić information content (AvgIpc) is 3.23. The van der Waals surface area contributed by atoms with Crippen LogP contribution in [-0.2, 0) is 22.4 Å². The molecule has 1 aliphatic carbocycles. The van der Waals surface area contributed by atoms with E-state index in [-0.39, 0.29) is 17.1 Å². The highest BCUT2D eigenvalue weighted by Gasteiger charge is 2.27. The summed E-state index contributed by atoms with van der Waals surface area (Å²) in [5.41, 5.74) is 2.58. The molecule has 3 aromatic rings. The molecule has 4 rings (SSSR count). The van der Waals surface area contributed by atoms with Gasteiger partial charge in [-0.15, -0.1) is 0 Å². The minimum Gasteiger partial charge on any atom is -0.496 e. The van der Waals surface area contributed by atoms with Crippen molar-refractivity contribution in [2.45, 2.75) is 25.7 Å². The van der Waals surface area contributed by atoms with Crippen molar-refractivity contribution in [3.05, 3.63) is 76.9 Å². The number of benzene rings is 2. The maximum Gasteiger partial charge on any atom is 0.359 e.